The fraction of sp³-hybridized carbons (Fsp3) is 0.684. The van der Waals surface area contributed by atoms with Gasteiger partial charge in [-0.1, -0.05) is 30.7 Å². The average Bonchev–Trinajstić information content (AvgIpc) is 2.92. The molecule has 1 aromatic rings. The zero-order chi connectivity index (χ0) is 13.1. The molecular formula is C19H25N. The summed E-state index contributed by atoms with van der Waals surface area (Å²) in [6.45, 7) is 0. The maximum absolute atomic E-state index is 4.09. The van der Waals surface area contributed by atoms with Crippen LogP contribution in [-0.4, -0.2) is 6.04 Å². The van der Waals surface area contributed by atoms with Gasteiger partial charge in [-0.25, -0.2) is 0 Å². The first-order valence-corrected chi connectivity index (χ1v) is 8.75. The summed E-state index contributed by atoms with van der Waals surface area (Å²) in [4.78, 5) is 0. The molecule has 106 valence electrons. The van der Waals surface area contributed by atoms with Gasteiger partial charge >= 0.3 is 0 Å². The summed E-state index contributed by atoms with van der Waals surface area (Å²) in [6.07, 6.45) is 10.0. The molecule has 4 aliphatic rings. The minimum atomic E-state index is 0.642. The van der Waals surface area contributed by atoms with Gasteiger partial charge in [-0.3, -0.25) is 0 Å². The zero-order valence-electron chi connectivity index (χ0n) is 12.2. The van der Waals surface area contributed by atoms with Crippen LogP contribution in [0.1, 0.15) is 55.7 Å². The lowest BCUT2D eigenvalue weighted by atomic mass is 9.98. The van der Waals surface area contributed by atoms with Crippen molar-refractivity contribution < 1.29 is 0 Å². The molecule has 0 aliphatic heterocycles. The predicted molar refractivity (Wildman–Crippen MR) is 81.5 cm³/mol. The summed E-state index contributed by atoms with van der Waals surface area (Å²) in [6, 6.07) is 10.7. The maximum Gasteiger partial charge on any atom is 0.0325 e. The van der Waals surface area contributed by atoms with Gasteiger partial charge in [-0.15, -0.1) is 0 Å². The molecule has 0 spiro atoms. The van der Waals surface area contributed by atoms with Gasteiger partial charge in [0.25, 0.3) is 0 Å². The molecule has 5 rings (SSSR count). The maximum atomic E-state index is 4.09. The van der Waals surface area contributed by atoms with Crippen LogP contribution in [-0.2, 0) is 6.42 Å². The highest BCUT2D eigenvalue weighted by Crippen LogP contribution is 2.66. The minimum Gasteiger partial charge on any atom is -0.307 e. The molecule has 3 saturated carbocycles. The van der Waals surface area contributed by atoms with Gasteiger partial charge in [0.05, 0.1) is 0 Å². The molecule has 5 unspecified atom stereocenters. The summed E-state index contributed by atoms with van der Waals surface area (Å²) in [5.41, 5.74) is 3.22. The molecule has 1 heteroatoms. The first kappa shape index (κ1) is 11.8. The second kappa shape index (κ2) is 4.34. The summed E-state index contributed by atoms with van der Waals surface area (Å²) in [5, 5.41) is 4.09. The van der Waals surface area contributed by atoms with Crippen LogP contribution in [0.3, 0.4) is 0 Å². The number of fused-ring (bicyclic) bond motifs is 6. The Hall–Kier alpha value is -0.820. The monoisotopic (exact) mass is 267 g/mol. The standard InChI is InChI=1S/C19H25N/c1-3-7-15-12(5-1)6-2-4-8-16(15)20-19-17-13-9-10-14(11-13)18(17)19/h1,3,5,7,13-14,16-20H,2,4,6,8-11H2. The normalized spacial score (nSPS) is 44.8. The zero-order valence-corrected chi connectivity index (χ0v) is 12.2. The summed E-state index contributed by atoms with van der Waals surface area (Å²) in [7, 11) is 0. The lowest BCUT2D eigenvalue weighted by molar-refractivity contribution is 0.406. The molecule has 0 heterocycles. The van der Waals surface area contributed by atoms with Crippen molar-refractivity contribution in [3.8, 4) is 0 Å². The van der Waals surface area contributed by atoms with Crippen LogP contribution in [0.4, 0.5) is 0 Å². The van der Waals surface area contributed by atoms with E-state index in [0.29, 0.717) is 6.04 Å². The topological polar surface area (TPSA) is 12.0 Å². The summed E-state index contributed by atoms with van der Waals surface area (Å²) in [5.74, 6) is 4.29. The van der Waals surface area contributed by atoms with Crippen molar-refractivity contribution in [1.82, 2.24) is 5.32 Å². The first-order valence-electron chi connectivity index (χ1n) is 8.75. The number of hydrogen-bond acceptors (Lipinski definition) is 1. The Labute approximate surface area is 122 Å². The summed E-state index contributed by atoms with van der Waals surface area (Å²) < 4.78 is 0. The fourth-order valence-electron chi connectivity index (χ4n) is 5.87. The van der Waals surface area contributed by atoms with E-state index in [1.165, 1.54) is 38.5 Å². The van der Waals surface area contributed by atoms with E-state index in [2.05, 4.69) is 29.6 Å². The van der Waals surface area contributed by atoms with Gasteiger partial charge < -0.3 is 5.32 Å². The number of rotatable bonds is 2. The molecule has 0 saturated heterocycles. The van der Waals surface area contributed by atoms with Gasteiger partial charge in [0, 0.05) is 12.1 Å². The minimum absolute atomic E-state index is 0.642. The lowest BCUT2D eigenvalue weighted by Crippen LogP contribution is -2.28. The number of hydrogen-bond donors (Lipinski definition) is 1. The molecule has 4 aliphatic carbocycles. The van der Waals surface area contributed by atoms with Crippen LogP contribution in [0.2, 0.25) is 0 Å². The molecule has 1 nitrogen and oxygen atoms in total. The lowest BCUT2D eigenvalue weighted by Gasteiger charge is -2.21. The fourth-order valence-corrected chi connectivity index (χ4v) is 5.87. The molecule has 20 heavy (non-hydrogen) atoms. The summed E-state index contributed by atoms with van der Waals surface area (Å²) >= 11 is 0. The van der Waals surface area contributed by atoms with E-state index in [1.807, 2.05) is 0 Å². The predicted octanol–water partition coefficient (Wildman–Crippen LogP) is 4.09. The Morgan fingerprint density at radius 1 is 0.900 bits per heavy atom. The highest BCUT2D eigenvalue weighted by molar-refractivity contribution is 5.32. The van der Waals surface area contributed by atoms with Crippen LogP contribution in [0.5, 0.6) is 0 Å². The largest absolute Gasteiger partial charge is 0.307 e. The van der Waals surface area contributed by atoms with Crippen molar-refractivity contribution >= 4 is 0 Å². The molecule has 1 N–H and O–H groups in total. The van der Waals surface area contributed by atoms with Crippen LogP contribution >= 0.6 is 0 Å². The number of aryl methyl sites for hydroxylation is 1. The smallest absolute Gasteiger partial charge is 0.0325 e. The van der Waals surface area contributed by atoms with Crippen molar-refractivity contribution in [2.75, 3.05) is 0 Å². The van der Waals surface area contributed by atoms with Gasteiger partial charge in [0.15, 0.2) is 0 Å². The third-order valence-electron chi connectivity index (χ3n) is 6.75. The third-order valence-corrected chi connectivity index (χ3v) is 6.75. The second-order valence-corrected chi connectivity index (χ2v) is 7.68. The molecule has 0 aromatic heterocycles. The molecule has 2 bridgehead atoms. The average molecular weight is 267 g/mol. The van der Waals surface area contributed by atoms with Crippen molar-refractivity contribution in [1.29, 1.82) is 0 Å². The van der Waals surface area contributed by atoms with E-state index in [-0.39, 0.29) is 0 Å². The van der Waals surface area contributed by atoms with E-state index < -0.39 is 0 Å². The quantitative estimate of drug-likeness (QED) is 0.796. The number of nitrogens with one attached hydrogen (secondary N) is 1. The van der Waals surface area contributed by atoms with E-state index in [4.69, 9.17) is 0 Å². The van der Waals surface area contributed by atoms with E-state index in [1.54, 1.807) is 17.5 Å². The Morgan fingerprint density at radius 3 is 2.55 bits per heavy atom. The van der Waals surface area contributed by atoms with E-state index >= 15 is 0 Å². The van der Waals surface area contributed by atoms with Gasteiger partial charge in [-0.2, -0.15) is 0 Å². The van der Waals surface area contributed by atoms with Crippen LogP contribution in [0.25, 0.3) is 0 Å². The first-order chi connectivity index (χ1) is 9.92. The van der Waals surface area contributed by atoms with Crippen LogP contribution < -0.4 is 5.32 Å². The highest BCUT2D eigenvalue weighted by Gasteiger charge is 2.65. The van der Waals surface area contributed by atoms with E-state index in [0.717, 1.165) is 29.7 Å². The molecule has 5 atom stereocenters. The Bertz CT molecular complexity index is 506. The molecule has 3 fully saturated rings. The van der Waals surface area contributed by atoms with Crippen molar-refractivity contribution in [3.63, 3.8) is 0 Å². The Kier molecular flexibility index (Phi) is 2.56. The molecule has 1 aromatic carbocycles. The van der Waals surface area contributed by atoms with Crippen molar-refractivity contribution in [2.45, 2.75) is 57.0 Å². The van der Waals surface area contributed by atoms with Gasteiger partial charge in [-0.05, 0) is 73.3 Å². The van der Waals surface area contributed by atoms with Crippen LogP contribution in [0, 0.1) is 23.7 Å². The Balaban J connectivity index is 1.37. The molecule has 0 radical (unpaired) electrons. The molecular weight excluding hydrogens is 242 g/mol. The van der Waals surface area contributed by atoms with E-state index in [9.17, 15) is 0 Å². The van der Waals surface area contributed by atoms with Crippen molar-refractivity contribution in [3.05, 3.63) is 35.4 Å². The van der Waals surface area contributed by atoms with Gasteiger partial charge in [0.2, 0.25) is 0 Å². The van der Waals surface area contributed by atoms with Gasteiger partial charge in [0.1, 0.15) is 0 Å². The van der Waals surface area contributed by atoms with Crippen LogP contribution in [0.15, 0.2) is 24.3 Å². The molecule has 0 amide bonds. The Morgan fingerprint density at radius 2 is 1.70 bits per heavy atom. The second-order valence-electron chi connectivity index (χ2n) is 7.68. The highest BCUT2D eigenvalue weighted by atomic mass is 15.0. The SMILES string of the molecule is c1ccc2c(c1)CCCCC2NC1C2C3CCC(C3)C12. The van der Waals surface area contributed by atoms with Crippen molar-refractivity contribution in [2.24, 2.45) is 23.7 Å². The third kappa shape index (κ3) is 1.65. The number of benzene rings is 1.